The van der Waals surface area contributed by atoms with Crippen LogP contribution in [0.4, 0.5) is 0 Å². The predicted octanol–water partition coefficient (Wildman–Crippen LogP) is 4.88. The first-order valence-corrected chi connectivity index (χ1v) is 7.34. The minimum atomic E-state index is 0.432. The Labute approximate surface area is 122 Å². The van der Waals surface area contributed by atoms with Crippen LogP contribution < -0.4 is 4.74 Å². The molecule has 1 aromatic heterocycles. The van der Waals surface area contributed by atoms with Crippen molar-refractivity contribution in [3.05, 3.63) is 43.8 Å². The first-order valence-electron chi connectivity index (χ1n) is 4.76. The van der Waals surface area contributed by atoms with E-state index in [2.05, 4.69) is 20.9 Å². The van der Waals surface area contributed by atoms with Gasteiger partial charge in [-0.25, -0.2) is 4.98 Å². The van der Waals surface area contributed by atoms with Gasteiger partial charge in [0.25, 0.3) is 0 Å². The van der Waals surface area contributed by atoms with Gasteiger partial charge in [0.15, 0.2) is 0 Å². The van der Waals surface area contributed by atoms with Crippen LogP contribution in [0.3, 0.4) is 0 Å². The molecule has 17 heavy (non-hydrogen) atoms. The molecule has 90 valence electrons. The highest BCUT2D eigenvalue weighted by atomic mass is 79.9. The molecule has 0 aliphatic heterocycles. The van der Waals surface area contributed by atoms with Gasteiger partial charge in [0, 0.05) is 10.4 Å². The summed E-state index contributed by atoms with van der Waals surface area (Å²) in [6.45, 7) is 0.432. The maximum atomic E-state index is 5.85. The third kappa shape index (κ3) is 3.58. The maximum Gasteiger partial charge on any atom is 0.140 e. The molecule has 0 unspecified atom stereocenters. The summed E-state index contributed by atoms with van der Waals surface area (Å²) >= 11 is 16.5. The van der Waals surface area contributed by atoms with Crippen LogP contribution in [-0.4, -0.2) is 4.98 Å². The zero-order valence-electron chi connectivity index (χ0n) is 8.62. The van der Waals surface area contributed by atoms with Crippen LogP contribution in [0.1, 0.15) is 10.7 Å². The van der Waals surface area contributed by atoms with Crippen molar-refractivity contribution in [2.75, 3.05) is 0 Å². The monoisotopic (exact) mass is 351 g/mol. The van der Waals surface area contributed by atoms with Crippen LogP contribution in [0, 0.1) is 0 Å². The second kappa shape index (κ2) is 6.05. The standard InChI is InChI=1S/C11H8BrCl2NOS/c12-9-3-7(14)1-2-10(9)16-5-11-15-8(4-13)6-17-11/h1-3,6H,4-5H2. The Kier molecular flexibility index (Phi) is 4.68. The van der Waals surface area contributed by atoms with Crippen molar-refractivity contribution in [3.8, 4) is 5.75 Å². The molecule has 0 amide bonds. The Morgan fingerprint density at radius 3 is 2.88 bits per heavy atom. The lowest BCUT2D eigenvalue weighted by Gasteiger charge is -2.06. The van der Waals surface area contributed by atoms with E-state index in [4.69, 9.17) is 27.9 Å². The largest absolute Gasteiger partial charge is 0.485 e. The van der Waals surface area contributed by atoms with Crippen molar-refractivity contribution in [2.24, 2.45) is 0 Å². The summed E-state index contributed by atoms with van der Waals surface area (Å²) in [5.74, 6) is 1.18. The normalized spacial score (nSPS) is 10.5. The van der Waals surface area contributed by atoms with Gasteiger partial charge < -0.3 is 4.74 Å². The molecule has 0 atom stereocenters. The first kappa shape index (κ1) is 13.1. The van der Waals surface area contributed by atoms with E-state index in [1.807, 2.05) is 11.4 Å². The van der Waals surface area contributed by atoms with Gasteiger partial charge in [-0.05, 0) is 34.1 Å². The molecular formula is C11H8BrCl2NOS. The highest BCUT2D eigenvalue weighted by molar-refractivity contribution is 9.10. The Morgan fingerprint density at radius 2 is 2.24 bits per heavy atom. The van der Waals surface area contributed by atoms with E-state index in [1.54, 1.807) is 23.5 Å². The van der Waals surface area contributed by atoms with Crippen molar-refractivity contribution in [1.29, 1.82) is 0 Å². The molecule has 2 aromatic rings. The maximum absolute atomic E-state index is 5.85. The zero-order chi connectivity index (χ0) is 12.3. The Hall–Kier alpha value is -0.290. The Bertz CT molecular complexity index is 518. The van der Waals surface area contributed by atoms with Gasteiger partial charge in [0.2, 0.25) is 0 Å². The number of alkyl halides is 1. The molecule has 0 radical (unpaired) electrons. The summed E-state index contributed by atoms with van der Waals surface area (Å²) in [7, 11) is 0. The quantitative estimate of drug-likeness (QED) is 0.732. The molecule has 6 heteroatoms. The number of hydrogen-bond donors (Lipinski definition) is 0. The van der Waals surface area contributed by atoms with E-state index < -0.39 is 0 Å². The number of thiazole rings is 1. The van der Waals surface area contributed by atoms with Gasteiger partial charge >= 0.3 is 0 Å². The van der Waals surface area contributed by atoms with Crippen LogP contribution in [0.15, 0.2) is 28.1 Å². The topological polar surface area (TPSA) is 22.1 Å². The molecule has 0 aliphatic rings. The molecule has 0 saturated carbocycles. The number of rotatable bonds is 4. The van der Waals surface area contributed by atoms with Crippen molar-refractivity contribution in [2.45, 2.75) is 12.5 Å². The summed E-state index contributed by atoms with van der Waals surface area (Å²) in [5, 5.41) is 3.51. The van der Waals surface area contributed by atoms with Gasteiger partial charge in [-0.1, -0.05) is 11.6 Å². The fraction of sp³-hybridized carbons (Fsp3) is 0.182. The Morgan fingerprint density at radius 1 is 1.41 bits per heavy atom. The SMILES string of the molecule is ClCc1csc(COc2ccc(Cl)cc2Br)n1. The summed E-state index contributed by atoms with van der Waals surface area (Å²) < 4.78 is 6.47. The molecular weight excluding hydrogens is 345 g/mol. The smallest absolute Gasteiger partial charge is 0.140 e. The number of benzene rings is 1. The second-order valence-corrected chi connectivity index (χ2v) is 5.73. The van der Waals surface area contributed by atoms with Crippen molar-refractivity contribution < 1.29 is 4.74 Å². The Balaban J connectivity index is 2.02. The third-order valence-corrected chi connectivity index (χ3v) is 3.98. The van der Waals surface area contributed by atoms with E-state index in [0.29, 0.717) is 17.5 Å². The second-order valence-electron chi connectivity index (χ2n) is 3.23. The molecule has 2 nitrogen and oxygen atoms in total. The van der Waals surface area contributed by atoms with Crippen LogP contribution in [-0.2, 0) is 12.5 Å². The van der Waals surface area contributed by atoms with Gasteiger partial charge in [-0.2, -0.15) is 0 Å². The van der Waals surface area contributed by atoms with E-state index in [0.717, 1.165) is 20.9 Å². The average molecular weight is 353 g/mol. The van der Waals surface area contributed by atoms with Crippen molar-refractivity contribution in [1.82, 2.24) is 4.98 Å². The molecule has 0 saturated heterocycles. The highest BCUT2D eigenvalue weighted by Gasteiger charge is 2.05. The third-order valence-electron chi connectivity index (χ3n) is 1.98. The summed E-state index contributed by atoms with van der Waals surface area (Å²) in [6, 6.07) is 5.40. The summed E-state index contributed by atoms with van der Waals surface area (Å²) in [6.07, 6.45) is 0. The van der Waals surface area contributed by atoms with Crippen LogP contribution in [0.25, 0.3) is 0 Å². The summed E-state index contributed by atoms with van der Waals surface area (Å²) in [4.78, 5) is 4.31. The molecule has 0 bridgehead atoms. The molecule has 0 aliphatic carbocycles. The van der Waals surface area contributed by atoms with Crippen LogP contribution in [0.5, 0.6) is 5.75 Å². The number of halogens is 3. The van der Waals surface area contributed by atoms with E-state index >= 15 is 0 Å². The van der Waals surface area contributed by atoms with E-state index in [-0.39, 0.29) is 0 Å². The first-order chi connectivity index (χ1) is 8.19. The molecule has 0 N–H and O–H groups in total. The van der Waals surface area contributed by atoms with Gasteiger partial charge in [0.05, 0.1) is 16.0 Å². The fourth-order valence-electron chi connectivity index (χ4n) is 1.21. The van der Waals surface area contributed by atoms with E-state index in [9.17, 15) is 0 Å². The molecule has 1 heterocycles. The van der Waals surface area contributed by atoms with Crippen molar-refractivity contribution in [3.63, 3.8) is 0 Å². The number of hydrogen-bond acceptors (Lipinski definition) is 3. The molecule has 1 aromatic carbocycles. The minimum absolute atomic E-state index is 0.432. The highest BCUT2D eigenvalue weighted by Crippen LogP contribution is 2.28. The number of aromatic nitrogens is 1. The fourth-order valence-corrected chi connectivity index (χ4v) is 2.94. The summed E-state index contributed by atoms with van der Waals surface area (Å²) in [5.41, 5.74) is 0.880. The van der Waals surface area contributed by atoms with Crippen molar-refractivity contribution >= 4 is 50.5 Å². The van der Waals surface area contributed by atoms with Gasteiger partial charge in [0.1, 0.15) is 17.4 Å². The number of nitrogens with zero attached hydrogens (tertiary/aromatic N) is 1. The lowest BCUT2D eigenvalue weighted by molar-refractivity contribution is 0.303. The lowest BCUT2D eigenvalue weighted by atomic mass is 10.3. The zero-order valence-corrected chi connectivity index (χ0v) is 12.5. The van der Waals surface area contributed by atoms with Crippen LogP contribution >= 0.6 is 50.5 Å². The minimum Gasteiger partial charge on any atom is -0.485 e. The van der Waals surface area contributed by atoms with Gasteiger partial charge in [-0.3, -0.25) is 0 Å². The lowest BCUT2D eigenvalue weighted by Crippen LogP contribution is -1.95. The van der Waals surface area contributed by atoms with Gasteiger partial charge in [-0.15, -0.1) is 22.9 Å². The number of ether oxygens (including phenoxy) is 1. The van der Waals surface area contributed by atoms with Crippen LogP contribution in [0.2, 0.25) is 5.02 Å². The predicted molar refractivity (Wildman–Crippen MR) is 75.2 cm³/mol. The average Bonchev–Trinajstić information content (AvgIpc) is 2.76. The molecule has 2 rings (SSSR count). The molecule has 0 fully saturated rings. The van der Waals surface area contributed by atoms with E-state index in [1.165, 1.54) is 0 Å². The molecule has 0 spiro atoms.